The Balaban J connectivity index is 1.27. The summed E-state index contributed by atoms with van der Waals surface area (Å²) in [6.45, 7) is 8.47. The van der Waals surface area contributed by atoms with Crippen LogP contribution in [0, 0.1) is 13.8 Å². The molecule has 0 fully saturated rings. The van der Waals surface area contributed by atoms with Gasteiger partial charge in [0.15, 0.2) is 5.76 Å². The van der Waals surface area contributed by atoms with Crippen molar-refractivity contribution < 1.29 is 18.7 Å². The van der Waals surface area contributed by atoms with Crippen molar-refractivity contribution in [1.29, 1.82) is 0 Å². The van der Waals surface area contributed by atoms with Gasteiger partial charge >= 0.3 is 5.91 Å². The van der Waals surface area contributed by atoms with Gasteiger partial charge in [0.2, 0.25) is 0 Å². The minimum Gasteiger partial charge on any atom is -0.491 e. The number of nitrogens with one attached hydrogen (secondary N) is 1. The fourth-order valence-electron chi connectivity index (χ4n) is 3.67. The van der Waals surface area contributed by atoms with Gasteiger partial charge in [-0.25, -0.2) is 5.43 Å². The molecule has 2 aromatic heterocycles. The van der Waals surface area contributed by atoms with Gasteiger partial charge in [0.1, 0.15) is 23.9 Å². The number of aromatic nitrogens is 1. The second kappa shape index (κ2) is 11.4. The lowest BCUT2D eigenvalue weighted by Crippen LogP contribution is -2.16. The highest BCUT2D eigenvalue weighted by atomic mass is 16.5. The molecule has 0 saturated carbocycles. The first-order valence-corrected chi connectivity index (χ1v) is 12.0. The number of aryl methyl sites for hydroxylation is 2. The van der Waals surface area contributed by atoms with Crippen LogP contribution in [0.4, 0.5) is 0 Å². The molecule has 0 aliphatic heterocycles. The zero-order chi connectivity index (χ0) is 25.5. The van der Waals surface area contributed by atoms with Crippen molar-refractivity contribution in [3.05, 3.63) is 101 Å². The van der Waals surface area contributed by atoms with E-state index in [1.807, 2.05) is 55.5 Å². The number of rotatable bonds is 10. The average Bonchev–Trinajstić information content (AvgIpc) is 3.50. The van der Waals surface area contributed by atoms with E-state index in [9.17, 15) is 4.79 Å². The van der Waals surface area contributed by atoms with Crippen molar-refractivity contribution in [3.8, 4) is 17.2 Å². The maximum Gasteiger partial charge on any atom is 0.307 e. The molecule has 1 atom stereocenters. The predicted octanol–water partition coefficient (Wildman–Crippen LogP) is 6.21. The van der Waals surface area contributed by atoms with E-state index in [2.05, 4.69) is 48.0 Å². The largest absolute Gasteiger partial charge is 0.491 e. The van der Waals surface area contributed by atoms with Crippen molar-refractivity contribution in [2.45, 2.75) is 46.8 Å². The van der Waals surface area contributed by atoms with Gasteiger partial charge in [-0.15, -0.1) is 0 Å². The lowest BCUT2D eigenvalue weighted by atomic mass is 10.2. The summed E-state index contributed by atoms with van der Waals surface area (Å²) in [4.78, 5) is 12.4. The number of hydrogen-bond donors (Lipinski definition) is 1. The average molecular weight is 486 g/mol. The highest BCUT2D eigenvalue weighted by Crippen LogP contribution is 2.21. The summed E-state index contributed by atoms with van der Waals surface area (Å²) in [5, 5.41) is 4.01. The van der Waals surface area contributed by atoms with E-state index >= 15 is 0 Å². The van der Waals surface area contributed by atoms with Crippen LogP contribution < -0.4 is 14.9 Å². The van der Waals surface area contributed by atoms with Crippen LogP contribution in [0.2, 0.25) is 0 Å². The Bertz CT molecular complexity index is 1300. The predicted molar refractivity (Wildman–Crippen MR) is 140 cm³/mol. The molecule has 0 spiro atoms. The number of carbonyl (C=O) groups is 1. The Hall–Kier alpha value is -4.26. The number of benzene rings is 2. The van der Waals surface area contributed by atoms with E-state index in [4.69, 9.17) is 13.9 Å². The van der Waals surface area contributed by atoms with Gasteiger partial charge in [-0.1, -0.05) is 6.92 Å². The first kappa shape index (κ1) is 24.9. The normalized spacial score (nSPS) is 12.0. The quantitative estimate of drug-likeness (QED) is 0.214. The van der Waals surface area contributed by atoms with E-state index in [0.717, 1.165) is 23.4 Å². The van der Waals surface area contributed by atoms with Crippen LogP contribution in [0.15, 0.2) is 82.3 Å². The number of hydrazone groups is 1. The lowest BCUT2D eigenvalue weighted by molar-refractivity contribution is 0.0923. The minimum atomic E-state index is -0.434. The number of nitrogens with zero attached hydrogens (tertiary/aromatic N) is 2. The van der Waals surface area contributed by atoms with Crippen molar-refractivity contribution >= 4 is 12.1 Å². The molecule has 0 saturated heterocycles. The van der Waals surface area contributed by atoms with Gasteiger partial charge in [-0.2, -0.15) is 5.10 Å². The molecule has 4 rings (SSSR count). The van der Waals surface area contributed by atoms with Gasteiger partial charge in [0.25, 0.3) is 0 Å². The third-order valence-electron chi connectivity index (χ3n) is 5.80. The fraction of sp³-hybridized carbons (Fsp3) is 0.241. The van der Waals surface area contributed by atoms with Crippen LogP contribution in [0.3, 0.4) is 0 Å². The van der Waals surface area contributed by atoms with Crippen molar-refractivity contribution in [2.75, 3.05) is 0 Å². The molecule has 0 aliphatic carbocycles. The summed E-state index contributed by atoms with van der Waals surface area (Å²) in [6.07, 6.45) is 2.67. The standard InChI is InChI=1S/C29H31N3O4/c1-5-22(4)35-26-12-8-23(9-13-26)18-30-31-29(33)28-17-16-27(36-28)19-34-25-14-10-24(11-15-25)32-20(2)6-7-21(32)3/h6-18,22H,5,19H2,1-4H3,(H,31,33)/b30-18+/t22-/m1/s1. The van der Waals surface area contributed by atoms with Gasteiger partial charge in [0, 0.05) is 17.1 Å². The van der Waals surface area contributed by atoms with Gasteiger partial charge < -0.3 is 18.5 Å². The molecule has 7 nitrogen and oxygen atoms in total. The van der Waals surface area contributed by atoms with Crippen LogP contribution in [0.1, 0.15) is 53.5 Å². The van der Waals surface area contributed by atoms with Gasteiger partial charge in [-0.3, -0.25) is 4.79 Å². The Labute approximate surface area is 211 Å². The Morgan fingerprint density at radius 2 is 1.64 bits per heavy atom. The van der Waals surface area contributed by atoms with Crippen LogP contribution in [0.5, 0.6) is 11.5 Å². The second-order valence-electron chi connectivity index (χ2n) is 8.60. The summed E-state index contributed by atoms with van der Waals surface area (Å²) < 4.78 is 19.4. The van der Waals surface area contributed by atoms with Crippen LogP contribution >= 0.6 is 0 Å². The Kier molecular flexibility index (Phi) is 7.90. The minimum absolute atomic E-state index is 0.164. The molecule has 0 unspecified atom stereocenters. The zero-order valence-electron chi connectivity index (χ0n) is 21.0. The molecule has 1 N–H and O–H groups in total. The number of ether oxygens (including phenoxy) is 2. The van der Waals surface area contributed by atoms with Gasteiger partial charge in [0.05, 0.1) is 12.3 Å². The highest BCUT2D eigenvalue weighted by molar-refractivity contribution is 5.92. The molecule has 2 aromatic carbocycles. The molecule has 2 heterocycles. The summed E-state index contributed by atoms with van der Waals surface area (Å²) in [5.41, 5.74) is 6.76. The first-order chi connectivity index (χ1) is 17.4. The van der Waals surface area contributed by atoms with Crippen LogP contribution in [-0.2, 0) is 6.61 Å². The monoisotopic (exact) mass is 485 g/mol. The lowest BCUT2D eigenvalue weighted by Gasteiger charge is -2.12. The number of hydrogen-bond acceptors (Lipinski definition) is 5. The Morgan fingerprint density at radius 1 is 0.972 bits per heavy atom. The molecule has 186 valence electrons. The topological polar surface area (TPSA) is 78.0 Å². The second-order valence-corrected chi connectivity index (χ2v) is 8.60. The maximum absolute atomic E-state index is 12.4. The smallest absolute Gasteiger partial charge is 0.307 e. The number of furan rings is 1. The highest BCUT2D eigenvalue weighted by Gasteiger charge is 2.11. The van der Waals surface area contributed by atoms with E-state index in [0.29, 0.717) is 11.5 Å². The molecule has 7 heteroatoms. The van der Waals surface area contributed by atoms with Crippen molar-refractivity contribution in [2.24, 2.45) is 5.10 Å². The van der Waals surface area contributed by atoms with Crippen molar-refractivity contribution in [1.82, 2.24) is 9.99 Å². The molecule has 1 amide bonds. The summed E-state index contributed by atoms with van der Waals surface area (Å²) >= 11 is 0. The van der Waals surface area contributed by atoms with E-state index in [1.54, 1.807) is 18.3 Å². The first-order valence-electron chi connectivity index (χ1n) is 12.0. The Morgan fingerprint density at radius 3 is 2.31 bits per heavy atom. The maximum atomic E-state index is 12.4. The summed E-state index contributed by atoms with van der Waals surface area (Å²) in [6, 6.07) is 22.9. The fourth-order valence-corrected chi connectivity index (χ4v) is 3.67. The molecule has 0 radical (unpaired) electrons. The SMILES string of the molecule is CC[C@@H](C)Oc1ccc(/C=N/NC(=O)c2ccc(COc3ccc(-n4c(C)ccc4C)cc3)o2)cc1. The molecule has 36 heavy (non-hydrogen) atoms. The van der Waals surface area contributed by atoms with E-state index in [1.165, 1.54) is 11.4 Å². The molecule has 0 aliphatic rings. The third kappa shape index (κ3) is 6.24. The molecule has 4 aromatic rings. The van der Waals surface area contributed by atoms with Crippen LogP contribution in [0.25, 0.3) is 5.69 Å². The zero-order valence-corrected chi connectivity index (χ0v) is 21.0. The van der Waals surface area contributed by atoms with Gasteiger partial charge in [-0.05, 0) is 106 Å². The number of amides is 1. The van der Waals surface area contributed by atoms with E-state index in [-0.39, 0.29) is 18.5 Å². The number of carbonyl (C=O) groups excluding carboxylic acids is 1. The molecule has 0 bridgehead atoms. The van der Waals surface area contributed by atoms with Crippen LogP contribution in [-0.4, -0.2) is 22.8 Å². The molecular weight excluding hydrogens is 454 g/mol. The third-order valence-corrected chi connectivity index (χ3v) is 5.80. The molecular formula is C29H31N3O4. The summed E-state index contributed by atoms with van der Waals surface area (Å²) in [5.74, 6) is 1.79. The van der Waals surface area contributed by atoms with E-state index < -0.39 is 5.91 Å². The summed E-state index contributed by atoms with van der Waals surface area (Å²) in [7, 11) is 0. The van der Waals surface area contributed by atoms with Crippen molar-refractivity contribution in [3.63, 3.8) is 0 Å².